The van der Waals surface area contributed by atoms with Gasteiger partial charge in [0.25, 0.3) is 0 Å². The van der Waals surface area contributed by atoms with Crippen LogP contribution in [0.15, 0.2) is 24.3 Å². The molecular weight excluding hydrogens is 293 g/mol. The Hall–Kier alpha value is -1.43. The quantitative estimate of drug-likeness (QED) is 0.921. The normalized spacial score (nSPS) is 29.0. The first-order valence-corrected chi connectivity index (χ1v) is 8.85. The molecule has 2 fully saturated rings. The summed E-state index contributed by atoms with van der Waals surface area (Å²) in [7, 11) is -3.09. The second-order valence-corrected chi connectivity index (χ2v) is 8.51. The van der Waals surface area contributed by atoms with Gasteiger partial charge in [0.05, 0.1) is 16.4 Å². The number of halogens is 1. The molecule has 1 N–H and O–H groups in total. The highest BCUT2D eigenvalue weighted by Gasteiger charge is 2.52. The van der Waals surface area contributed by atoms with E-state index < -0.39 is 20.5 Å². The molecule has 0 radical (unpaired) electrons. The van der Waals surface area contributed by atoms with Crippen molar-refractivity contribution in [3.8, 4) is 0 Å². The molecule has 0 unspecified atom stereocenters. The summed E-state index contributed by atoms with van der Waals surface area (Å²) in [6, 6.07) is 5.75. The Morgan fingerprint density at radius 1 is 1.38 bits per heavy atom. The van der Waals surface area contributed by atoms with Crippen LogP contribution in [0.25, 0.3) is 0 Å². The molecule has 6 heteroatoms. The van der Waals surface area contributed by atoms with Gasteiger partial charge in [-0.1, -0.05) is 12.1 Å². The molecule has 114 valence electrons. The number of sulfone groups is 1. The van der Waals surface area contributed by atoms with Gasteiger partial charge < -0.3 is 5.32 Å². The third-order valence-electron chi connectivity index (χ3n) is 4.72. The van der Waals surface area contributed by atoms with Crippen LogP contribution in [0.4, 0.5) is 4.39 Å². The molecule has 1 saturated carbocycles. The number of carbonyl (C=O) groups is 1. The standard InChI is InChI=1S/C15H18FNO3S/c1-10-13(5-8-21(10,19)20)17-14(18)15(6-7-15)11-3-2-4-12(16)9-11/h2-4,9-10,13H,5-8H2,1H3,(H,17,18)/t10-,13-/m0/s1. The zero-order chi connectivity index (χ0) is 15.3. The first-order valence-electron chi connectivity index (χ1n) is 7.14. The van der Waals surface area contributed by atoms with Crippen molar-refractivity contribution in [1.29, 1.82) is 0 Å². The van der Waals surface area contributed by atoms with Crippen LogP contribution in [0.5, 0.6) is 0 Å². The molecule has 3 rings (SSSR count). The van der Waals surface area contributed by atoms with E-state index >= 15 is 0 Å². The fourth-order valence-corrected chi connectivity index (χ4v) is 4.68. The number of hydrogen-bond donors (Lipinski definition) is 1. The fraction of sp³-hybridized carbons (Fsp3) is 0.533. The van der Waals surface area contributed by atoms with Crippen LogP contribution in [-0.4, -0.2) is 31.4 Å². The maximum absolute atomic E-state index is 13.3. The maximum atomic E-state index is 13.3. The molecule has 2 aliphatic rings. The lowest BCUT2D eigenvalue weighted by Crippen LogP contribution is -2.45. The Bertz CT molecular complexity index is 682. The molecule has 4 nitrogen and oxygen atoms in total. The van der Waals surface area contributed by atoms with E-state index in [2.05, 4.69) is 5.32 Å². The Morgan fingerprint density at radius 3 is 2.62 bits per heavy atom. The fourth-order valence-electron chi connectivity index (χ4n) is 3.02. The van der Waals surface area contributed by atoms with Crippen molar-refractivity contribution in [2.75, 3.05) is 5.75 Å². The van der Waals surface area contributed by atoms with E-state index in [-0.39, 0.29) is 23.5 Å². The third kappa shape index (κ3) is 2.46. The average Bonchev–Trinajstić information content (AvgIpc) is 3.19. The summed E-state index contributed by atoms with van der Waals surface area (Å²) < 4.78 is 36.8. The first-order chi connectivity index (χ1) is 9.85. The molecule has 0 aromatic heterocycles. The summed E-state index contributed by atoms with van der Waals surface area (Å²) in [6.07, 6.45) is 1.81. The van der Waals surface area contributed by atoms with E-state index in [9.17, 15) is 17.6 Å². The molecule has 1 aromatic rings. The van der Waals surface area contributed by atoms with Gasteiger partial charge in [-0.05, 0) is 43.9 Å². The zero-order valence-electron chi connectivity index (χ0n) is 11.8. The van der Waals surface area contributed by atoms with Crippen LogP contribution >= 0.6 is 0 Å². The van der Waals surface area contributed by atoms with Crippen LogP contribution in [0.1, 0.15) is 31.7 Å². The van der Waals surface area contributed by atoms with Crippen molar-refractivity contribution in [2.45, 2.75) is 42.9 Å². The van der Waals surface area contributed by atoms with Gasteiger partial charge >= 0.3 is 0 Å². The zero-order valence-corrected chi connectivity index (χ0v) is 12.6. The monoisotopic (exact) mass is 311 g/mol. The predicted octanol–water partition coefficient (Wildman–Crippen LogP) is 1.55. The van der Waals surface area contributed by atoms with Gasteiger partial charge in [0.2, 0.25) is 5.91 Å². The molecule has 1 aromatic carbocycles. The molecule has 1 heterocycles. The van der Waals surface area contributed by atoms with E-state index in [4.69, 9.17) is 0 Å². The summed E-state index contributed by atoms with van der Waals surface area (Å²) >= 11 is 0. The second-order valence-electron chi connectivity index (χ2n) is 6.03. The van der Waals surface area contributed by atoms with Crippen LogP contribution < -0.4 is 5.32 Å². The lowest BCUT2D eigenvalue weighted by Gasteiger charge is -2.21. The van der Waals surface area contributed by atoms with Crippen LogP contribution in [0, 0.1) is 5.82 Å². The smallest absolute Gasteiger partial charge is 0.230 e. The Morgan fingerprint density at radius 2 is 2.10 bits per heavy atom. The van der Waals surface area contributed by atoms with E-state index in [0.717, 1.165) is 0 Å². The molecule has 21 heavy (non-hydrogen) atoms. The second kappa shape index (κ2) is 4.80. The minimum absolute atomic E-state index is 0.117. The molecule has 0 spiro atoms. The van der Waals surface area contributed by atoms with E-state index in [1.807, 2.05) is 0 Å². The SMILES string of the molecule is C[C@H]1[C@@H](NC(=O)C2(c3cccc(F)c3)CC2)CCS1(=O)=O. The number of carbonyl (C=O) groups excluding carboxylic acids is 1. The van der Waals surface area contributed by atoms with Crippen molar-refractivity contribution in [3.05, 3.63) is 35.6 Å². The van der Waals surface area contributed by atoms with Crippen LogP contribution in [0.3, 0.4) is 0 Å². The molecule has 0 bridgehead atoms. The van der Waals surface area contributed by atoms with Crippen molar-refractivity contribution < 1.29 is 17.6 Å². The Labute approximate surface area is 123 Å². The van der Waals surface area contributed by atoms with Gasteiger partial charge in [-0.2, -0.15) is 0 Å². The number of rotatable bonds is 3. The van der Waals surface area contributed by atoms with Gasteiger partial charge in [0.15, 0.2) is 9.84 Å². The average molecular weight is 311 g/mol. The summed E-state index contributed by atoms with van der Waals surface area (Å²) in [5.74, 6) is -0.419. The van der Waals surface area contributed by atoms with Gasteiger partial charge in [-0.3, -0.25) is 4.79 Å². The van der Waals surface area contributed by atoms with Crippen molar-refractivity contribution in [1.82, 2.24) is 5.32 Å². The number of nitrogens with one attached hydrogen (secondary N) is 1. The van der Waals surface area contributed by atoms with Crippen LogP contribution in [0.2, 0.25) is 0 Å². The molecule has 1 saturated heterocycles. The van der Waals surface area contributed by atoms with E-state index in [1.54, 1.807) is 19.1 Å². The lowest BCUT2D eigenvalue weighted by molar-refractivity contribution is -0.124. The van der Waals surface area contributed by atoms with Gasteiger partial charge in [-0.15, -0.1) is 0 Å². The van der Waals surface area contributed by atoms with Crippen molar-refractivity contribution in [3.63, 3.8) is 0 Å². The minimum atomic E-state index is -3.09. The Balaban J connectivity index is 1.77. The molecular formula is C15H18FNO3S. The van der Waals surface area contributed by atoms with Gasteiger partial charge in [0, 0.05) is 6.04 Å². The van der Waals surface area contributed by atoms with Gasteiger partial charge in [-0.25, -0.2) is 12.8 Å². The third-order valence-corrected chi connectivity index (χ3v) is 6.99. The number of benzene rings is 1. The molecule has 2 atom stereocenters. The number of hydrogen-bond acceptors (Lipinski definition) is 3. The highest BCUT2D eigenvalue weighted by Crippen LogP contribution is 2.48. The lowest BCUT2D eigenvalue weighted by atomic mass is 9.94. The van der Waals surface area contributed by atoms with Crippen molar-refractivity contribution in [2.24, 2.45) is 0 Å². The maximum Gasteiger partial charge on any atom is 0.230 e. The Kier molecular flexibility index (Phi) is 3.31. The molecule has 1 amide bonds. The topological polar surface area (TPSA) is 63.2 Å². The summed E-state index contributed by atoms with van der Waals surface area (Å²) in [6.45, 7) is 1.63. The molecule has 1 aliphatic carbocycles. The van der Waals surface area contributed by atoms with Gasteiger partial charge in [0.1, 0.15) is 5.82 Å². The first kappa shape index (κ1) is 14.5. The largest absolute Gasteiger partial charge is 0.351 e. The highest BCUT2D eigenvalue weighted by atomic mass is 32.2. The number of amides is 1. The summed E-state index contributed by atoms with van der Waals surface area (Å²) in [5.41, 5.74) is 0.00210. The van der Waals surface area contributed by atoms with Crippen molar-refractivity contribution >= 4 is 15.7 Å². The van der Waals surface area contributed by atoms with E-state index in [0.29, 0.717) is 24.8 Å². The minimum Gasteiger partial charge on any atom is -0.351 e. The summed E-state index contributed by atoms with van der Waals surface area (Å²) in [5, 5.41) is 2.31. The predicted molar refractivity (Wildman–Crippen MR) is 77.1 cm³/mol. The van der Waals surface area contributed by atoms with Crippen LogP contribution in [-0.2, 0) is 20.0 Å². The summed E-state index contributed by atoms with van der Waals surface area (Å²) in [4.78, 5) is 12.5. The molecule has 1 aliphatic heterocycles. The highest BCUT2D eigenvalue weighted by molar-refractivity contribution is 7.92. The van der Waals surface area contributed by atoms with E-state index in [1.165, 1.54) is 12.1 Å².